The van der Waals surface area contributed by atoms with E-state index >= 15 is 0 Å². The summed E-state index contributed by atoms with van der Waals surface area (Å²) >= 11 is 0. The van der Waals surface area contributed by atoms with Crippen LogP contribution in [0, 0.1) is 5.92 Å². The van der Waals surface area contributed by atoms with E-state index in [9.17, 15) is 0 Å². The maximum atomic E-state index is 3.86. The van der Waals surface area contributed by atoms with Gasteiger partial charge in [-0.25, -0.2) is 0 Å². The fourth-order valence-electron chi connectivity index (χ4n) is 3.58. The molecule has 0 bridgehead atoms. The predicted molar refractivity (Wildman–Crippen MR) is 89.5 cm³/mol. The van der Waals surface area contributed by atoms with Crippen molar-refractivity contribution in [2.45, 2.75) is 57.5 Å². The van der Waals surface area contributed by atoms with E-state index in [0.29, 0.717) is 0 Å². The van der Waals surface area contributed by atoms with E-state index < -0.39 is 0 Å². The molecule has 1 saturated carbocycles. The molecule has 1 aliphatic carbocycles. The first-order chi connectivity index (χ1) is 10.3. The van der Waals surface area contributed by atoms with Gasteiger partial charge in [0.2, 0.25) is 0 Å². The Balaban J connectivity index is 1.32. The Morgan fingerprint density at radius 3 is 2.48 bits per heavy atom. The van der Waals surface area contributed by atoms with Gasteiger partial charge in [-0.3, -0.25) is 0 Å². The highest BCUT2D eigenvalue weighted by atomic mass is 15.1. The Morgan fingerprint density at radius 1 is 1.10 bits per heavy atom. The molecule has 21 heavy (non-hydrogen) atoms. The molecule has 1 aromatic carbocycles. The first-order valence-electron chi connectivity index (χ1n) is 8.82. The van der Waals surface area contributed by atoms with Crippen molar-refractivity contribution < 1.29 is 0 Å². The lowest BCUT2D eigenvalue weighted by atomic mass is 10.0. The van der Waals surface area contributed by atoms with Crippen LogP contribution in [0.15, 0.2) is 30.3 Å². The fourth-order valence-corrected chi connectivity index (χ4v) is 3.58. The molecule has 0 radical (unpaired) electrons. The van der Waals surface area contributed by atoms with Crippen molar-refractivity contribution in [3.05, 3.63) is 35.9 Å². The SMILES string of the molecule is CC(CC1CC1)NC1CCN(CCc2ccccc2)CC1. The number of nitrogens with zero attached hydrogens (tertiary/aromatic N) is 1. The second kappa shape index (κ2) is 7.42. The van der Waals surface area contributed by atoms with Crippen LogP contribution >= 0.6 is 0 Å². The molecule has 116 valence electrons. The van der Waals surface area contributed by atoms with Crippen LogP contribution in [-0.4, -0.2) is 36.6 Å². The molecule has 0 aromatic heterocycles. The highest BCUT2D eigenvalue weighted by Gasteiger charge is 2.25. The van der Waals surface area contributed by atoms with Crippen LogP contribution in [0.2, 0.25) is 0 Å². The number of rotatable bonds is 7. The minimum absolute atomic E-state index is 0.721. The van der Waals surface area contributed by atoms with Gasteiger partial charge >= 0.3 is 0 Å². The summed E-state index contributed by atoms with van der Waals surface area (Å²) in [6, 6.07) is 12.4. The zero-order chi connectivity index (χ0) is 14.5. The standard InChI is InChI=1S/C19H30N2/c1-16(15-18-7-8-18)20-19-10-13-21(14-11-19)12-9-17-5-3-2-4-6-17/h2-6,16,18-20H,7-15H2,1H3. The van der Waals surface area contributed by atoms with E-state index in [1.54, 1.807) is 0 Å². The molecule has 2 nitrogen and oxygen atoms in total. The Hall–Kier alpha value is -0.860. The van der Waals surface area contributed by atoms with Gasteiger partial charge in [0.25, 0.3) is 0 Å². The van der Waals surface area contributed by atoms with Crippen molar-refractivity contribution in [2.75, 3.05) is 19.6 Å². The topological polar surface area (TPSA) is 15.3 Å². The normalized spacial score (nSPS) is 22.3. The monoisotopic (exact) mass is 286 g/mol. The lowest BCUT2D eigenvalue weighted by molar-refractivity contribution is 0.192. The van der Waals surface area contributed by atoms with Crippen LogP contribution in [0.3, 0.4) is 0 Å². The number of nitrogens with one attached hydrogen (secondary N) is 1. The first-order valence-corrected chi connectivity index (χ1v) is 8.82. The van der Waals surface area contributed by atoms with Gasteiger partial charge < -0.3 is 10.2 Å². The minimum atomic E-state index is 0.721. The number of benzene rings is 1. The maximum Gasteiger partial charge on any atom is 0.00938 e. The Bertz CT molecular complexity index is 405. The second-order valence-electron chi connectivity index (χ2n) is 7.10. The summed E-state index contributed by atoms with van der Waals surface area (Å²) in [4.78, 5) is 2.64. The molecule has 2 heteroatoms. The largest absolute Gasteiger partial charge is 0.311 e. The third-order valence-electron chi connectivity index (χ3n) is 5.05. The molecular weight excluding hydrogens is 256 g/mol. The number of hydrogen-bond acceptors (Lipinski definition) is 2. The molecular formula is C19H30N2. The molecule has 1 unspecified atom stereocenters. The quantitative estimate of drug-likeness (QED) is 0.825. The Morgan fingerprint density at radius 2 is 1.81 bits per heavy atom. The van der Waals surface area contributed by atoms with E-state index in [2.05, 4.69) is 47.5 Å². The van der Waals surface area contributed by atoms with Gasteiger partial charge in [0.1, 0.15) is 0 Å². The molecule has 1 saturated heterocycles. The van der Waals surface area contributed by atoms with Crippen molar-refractivity contribution in [1.29, 1.82) is 0 Å². The summed E-state index contributed by atoms with van der Waals surface area (Å²) in [6.45, 7) is 6.12. The smallest absolute Gasteiger partial charge is 0.00938 e. The average molecular weight is 286 g/mol. The molecule has 1 aromatic rings. The van der Waals surface area contributed by atoms with Crippen molar-refractivity contribution in [3.63, 3.8) is 0 Å². The van der Waals surface area contributed by atoms with Crippen molar-refractivity contribution >= 4 is 0 Å². The molecule has 0 spiro atoms. The molecule has 2 aliphatic rings. The van der Waals surface area contributed by atoms with Crippen molar-refractivity contribution in [2.24, 2.45) is 5.92 Å². The van der Waals surface area contributed by atoms with E-state index in [1.165, 1.54) is 63.7 Å². The highest BCUT2D eigenvalue weighted by Crippen LogP contribution is 2.33. The van der Waals surface area contributed by atoms with E-state index in [1.807, 2.05) is 0 Å². The van der Waals surface area contributed by atoms with Crippen LogP contribution in [0.1, 0.15) is 44.6 Å². The number of hydrogen-bond donors (Lipinski definition) is 1. The second-order valence-corrected chi connectivity index (χ2v) is 7.10. The summed E-state index contributed by atoms with van der Waals surface area (Å²) in [5, 5.41) is 3.86. The van der Waals surface area contributed by atoms with Crippen LogP contribution in [-0.2, 0) is 6.42 Å². The summed E-state index contributed by atoms with van der Waals surface area (Å²) in [5.41, 5.74) is 1.47. The number of likely N-dealkylation sites (tertiary alicyclic amines) is 1. The van der Waals surface area contributed by atoms with Gasteiger partial charge in [-0.2, -0.15) is 0 Å². The van der Waals surface area contributed by atoms with Crippen LogP contribution in [0.25, 0.3) is 0 Å². The average Bonchev–Trinajstić information content (AvgIpc) is 3.31. The van der Waals surface area contributed by atoms with Gasteiger partial charge in [0, 0.05) is 18.6 Å². The van der Waals surface area contributed by atoms with Gasteiger partial charge in [0.15, 0.2) is 0 Å². The summed E-state index contributed by atoms with van der Waals surface area (Å²) in [5.74, 6) is 1.04. The first kappa shape index (κ1) is 15.1. The predicted octanol–water partition coefficient (Wildman–Crippen LogP) is 3.47. The number of piperidine rings is 1. The zero-order valence-electron chi connectivity index (χ0n) is 13.4. The lowest BCUT2D eigenvalue weighted by Crippen LogP contribution is -2.45. The summed E-state index contributed by atoms with van der Waals surface area (Å²) < 4.78 is 0. The molecule has 0 amide bonds. The summed E-state index contributed by atoms with van der Waals surface area (Å²) in [7, 11) is 0. The molecule has 3 rings (SSSR count). The van der Waals surface area contributed by atoms with Gasteiger partial charge in [-0.05, 0) is 57.2 Å². The summed E-state index contributed by atoms with van der Waals surface area (Å²) in [6.07, 6.45) is 8.19. The third-order valence-corrected chi connectivity index (χ3v) is 5.05. The van der Waals surface area contributed by atoms with Gasteiger partial charge in [0.05, 0.1) is 0 Å². The third kappa shape index (κ3) is 5.12. The fraction of sp³-hybridized carbons (Fsp3) is 0.684. The molecule has 1 heterocycles. The van der Waals surface area contributed by atoms with Crippen LogP contribution < -0.4 is 5.32 Å². The van der Waals surface area contributed by atoms with E-state index in [4.69, 9.17) is 0 Å². The van der Waals surface area contributed by atoms with Gasteiger partial charge in [-0.15, -0.1) is 0 Å². The van der Waals surface area contributed by atoms with Gasteiger partial charge in [-0.1, -0.05) is 43.2 Å². The molecule has 2 fully saturated rings. The molecule has 1 aliphatic heterocycles. The maximum absolute atomic E-state index is 3.86. The van der Waals surface area contributed by atoms with E-state index in [0.717, 1.165) is 18.0 Å². The Labute approximate surface area is 129 Å². The van der Waals surface area contributed by atoms with Crippen molar-refractivity contribution in [3.8, 4) is 0 Å². The lowest BCUT2D eigenvalue weighted by Gasteiger charge is -2.34. The van der Waals surface area contributed by atoms with Crippen LogP contribution in [0.5, 0.6) is 0 Å². The van der Waals surface area contributed by atoms with E-state index in [-0.39, 0.29) is 0 Å². The van der Waals surface area contributed by atoms with Crippen molar-refractivity contribution in [1.82, 2.24) is 10.2 Å². The molecule has 1 atom stereocenters. The molecule has 1 N–H and O–H groups in total. The Kier molecular flexibility index (Phi) is 5.32. The van der Waals surface area contributed by atoms with Crippen LogP contribution in [0.4, 0.5) is 0 Å². The highest BCUT2D eigenvalue weighted by molar-refractivity contribution is 5.14. The minimum Gasteiger partial charge on any atom is -0.311 e. The zero-order valence-corrected chi connectivity index (χ0v) is 13.4.